The Kier molecular flexibility index (Phi) is 2.75. The summed E-state index contributed by atoms with van der Waals surface area (Å²) in [4.78, 5) is 0. The summed E-state index contributed by atoms with van der Waals surface area (Å²) in [6.07, 6.45) is -1.07. The summed E-state index contributed by atoms with van der Waals surface area (Å²) in [6.45, 7) is 7.95. The monoisotopic (exact) mass is 259 g/mol. The fraction of sp³-hybridized carbons (Fsp3) is 1.00. The third kappa shape index (κ3) is 2.07. The van der Waals surface area contributed by atoms with Crippen LogP contribution in [-0.2, 0) is 23.7 Å². The van der Waals surface area contributed by atoms with Crippen molar-refractivity contribution in [2.75, 3.05) is 6.61 Å². The molecule has 0 aliphatic carbocycles. The van der Waals surface area contributed by atoms with Crippen molar-refractivity contribution in [2.45, 2.75) is 69.9 Å². The molecule has 3 aliphatic rings. The number of hydrogen-bond donors (Lipinski definition) is 1. The first-order chi connectivity index (χ1) is 8.27. The average Bonchev–Trinajstić information content (AvgIpc) is 2.81. The second kappa shape index (κ2) is 3.88. The van der Waals surface area contributed by atoms with Gasteiger partial charge in [0.1, 0.15) is 18.3 Å². The van der Waals surface area contributed by atoms with Gasteiger partial charge < -0.3 is 29.4 Å². The molecule has 3 rings (SSSR count). The molecule has 18 heavy (non-hydrogen) atoms. The molecule has 1 unspecified atom stereocenters. The van der Waals surface area contributed by atoms with Crippen LogP contribution in [0.4, 0.5) is 0 Å². The number of ether oxygens (including phenoxy) is 5. The van der Waals surface area contributed by atoms with Gasteiger partial charge in [-0.05, 0) is 27.7 Å². The van der Waals surface area contributed by atoms with Crippen molar-refractivity contribution in [3.05, 3.63) is 0 Å². The van der Waals surface area contributed by atoms with Crippen LogP contribution in [0.2, 0.25) is 0 Å². The molecule has 0 amide bonds. The Hall–Kier alpha value is -0.240. The summed E-state index contributed by atoms with van der Waals surface area (Å²) < 4.78 is 28.6. The maximum atomic E-state index is 6.19. The van der Waals surface area contributed by atoms with E-state index in [2.05, 4.69) is 0 Å². The van der Waals surface area contributed by atoms with Crippen LogP contribution in [0.25, 0.3) is 0 Å². The van der Waals surface area contributed by atoms with E-state index < -0.39 is 17.9 Å². The lowest BCUT2D eigenvalue weighted by Gasteiger charge is -2.26. The van der Waals surface area contributed by atoms with Crippen LogP contribution in [0.5, 0.6) is 0 Å². The molecular weight excluding hydrogens is 238 g/mol. The zero-order valence-corrected chi connectivity index (χ0v) is 11.2. The Morgan fingerprint density at radius 3 is 2.22 bits per heavy atom. The van der Waals surface area contributed by atoms with E-state index >= 15 is 0 Å². The third-order valence-electron chi connectivity index (χ3n) is 3.53. The number of rotatable bonds is 1. The molecule has 3 fully saturated rings. The van der Waals surface area contributed by atoms with E-state index in [1.807, 2.05) is 27.7 Å². The summed E-state index contributed by atoms with van der Waals surface area (Å²) >= 11 is 0. The second-order valence-electron chi connectivity index (χ2n) is 6.01. The van der Waals surface area contributed by atoms with Crippen LogP contribution in [0.15, 0.2) is 0 Å². The number of nitrogens with two attached hydrogens (primary N) is 1. The minimum atomic E-state index is -0.635. The Labute approximate surface area is 107 Å². The van der Waals surface area contributed by atoms with E-state index in [0.717, 1.165) is 0 Å². The highest BCUT2D eigenvalue weighted by atomic mass is 16.8. The Bertz CT molecular complexity index is 345. The Morgan fingerprint density at radius 2 is 1.67 bits per heavy atom. The van der Waals surface area contributed by atoms with Crippen LogP contribution < -0.4 is 5.73 Å². The molecule has 6 heteroatoms. The third-order valence-corrected chi connectivity index (χ3v) is 3.53. The van der Waals surface area contributed by atoms with Crippen molar-refractivity contribution in [3.8, 4) is 0 Å². The number of fused-ring (bicyclic) bond motifs is 1. The molecule has 0 aromatic carbocycles. The maximum absolute atomic E-state index is 6.19. The Balaban J connectivity index is 1.68. The molecule has 3 saturated heterocycles. The molecule has 0 aromatic heterocycles. The zero-order chi connectivity index (χ0) is 13.1. The van der Waals surface area contributed by atoms with Gasteiger partial charge in [-0.3, -0.25) is 0 Å². The van der Waals surface area contributed by atoms with Gasteiger partial charge >= 0.3 is 0 Å². The number of hydrogen-bond acceptors (Lipinski definition) is 6. The summed E-state index contributed by atoms with van der Waals surface area (Å²) in [5.41, 5.74) is 6.19. The largest absolute Gasteiger partial charge is 0.348 e. The maximum Gasteiger partial charge on any atom is 0.189 e. The topological polar surface area (TPSA) is 72.2 Å². The van der Waals surface area contributed by atoms with Gasteiger partial charge in [-0.25, -0.2) is 0 Å². The summed E-state index contributed by atoms with van der Waals surface area (Å²) in [7, 11) is 0. The first kappa shape index (κ1) is 12.8. The van der Waals surface area contributed by atoms with Crippen molar-refractivity contribution in [2.24, 2.45) is 5.73 Å². The van der Waals surface area contributed by atoms with E-state index in [0.29, 0.717) is 6.61 Å². The molecule has 6 nitrogen and oxygen atoms in total. The fourth-order valence-corrected chi connectivity index (χ4v) is 2.77. The van der Waals surface area contributed by atoms with Crippen LogP contribution in [-0.4, -0.2) is 48.8 Å². The molecule has 0 spiro atoms. The predicted octanol–water partition coefficient (Wildman–Crippen LogP) is 0.342. The van der Waals surface area contributed by atoms with E-state index in [-0.39, 0.29) is 24.4 Å². The molecule has 3 heterocycles. The Morgan fingerprint density at radius 1 is 0.944 bits per heavy atom. The van der Waals surface area contributed by atoms with Gasteiger partial charge in [-0.1, -0.05) is 0 Å². The average molecular weight is 259 g/mol. The highest BCUT2D eigenvalue weighted by Crippen LogP contribution is 2.39. The highest BCUT2D eigenvalue weighted by molar-refractivity contribution is 4.99. The lowest BCUT2D eigenvalue weighted by molar-refractivity contribution is -0.222. The smallest absolute Gasteiger partial charge is 0.189 e. The molecule has 0 saturated carbocycles. The van der Waals surface area contributed by atoms with Crippen LogP contribution in [0, 0.1) is 0 Å². The lowest BCUT2D eigenvalue weighted by Crippen LogP contribution is -2.47. The molecule has 0 aromatic rings. The fourth-order valence-electron chi connectivity index (χ4n) is 2.77. The summed E-state index contributed by atoms with van der Waals surface area (Å²) in [6, 6.07) is -0.265. The standard InChI is InChI=1S/C12H21NO5/c1-11(2)14-5-6(16-11)8-7(13)9-10(15-8)18-12(3,4)17-9/h6-10H,5,13H2,1-4H3/t6-,7?,8+,9+,10-/m1/s1. The van der Waals surface area contributed by atoms with Gasteiger partial charge in [0.05, 0.1) is 12.6 Å². The normalized spacial score (nSPS) is 49.5. The molecule has 0 bridgehead atoms. The van der Waals surface area contributed by atoms with Crippen LogP contribution >= 0.6 is 0 Å². The van der Waals surface area contributed by atoms with Gasteiger partial charge in [-0.15, -0.1) is 0 Å². The summed E-state index contributed by atoms with van der Waals surface area (Å²) in [5, 5.41) is 0. The van der Waals surface area contributed by atoms with Crippen molar-refractivity contribution >= 4 is 0 Å². The zero-order valence-electron chi connectivity index (χ0n) is 11.2. The van der Waals surface area contributed by atoms with Gasteiger partial charge in [0.2, 0.25) is 0 Å². The van der Waals surface area contributed by atoms with Crippen molar-refractivity contribution < 1.29 is 23.7 Å². The van der Waals surface area contributed by atoms with Crippen molar-refractivity contribution in [3.63, 3.8) is 0 Å². The van der Waals surface area contributed by atoms with Crippen LogP contribution in [0.3, 0.4) is 0 Å². The molecule has 104 valence electrons. The lowest BCUT2D eigenvalue weighted by atomic mass is 10.0. The van der Waals surface area contributed by atoms with E-state index in [1.54, 1.807) is 0 Å². The molecule has 3 aliphatic heterocycles. The van der Waals surface area contributed by atoms with Gasteiger partial charge in [0.25, 0.3) is 0 Å². The molecule has 2 N–H and O–H groups in total. The minimum absolute atomic E-state index is 0.170. The quantitative estimate of drug-likeness (QED) is 0.732. The van der Waals surface area contributed by atoms with Gasteiger partial charge in [-0.2, -0.15) is 0 Å². The van der Waals surface area contributed by atoms with E-state index in [1.165, 1.54) is 0 Å². The van der Waals surface area contributed by atoms with Crippen molar-refractivity contribution in [1.82, 2.24) is 0 Å². The van der Waals surface area contributed by atoms with Gasteiger partial charge in [0.15, 0.2) is 17.9 Å². The molecular formula is C12H21NO5. The first-order valence-electron chi connectivity index (χ1n) is 6.36. The SMILES string of the molecule is CC1(C)OC[C@H]([C@@H]2O[C@@H]3OC(C)(C)O[C@H]3C2N)O1. The van der Waals surface area contributed by atoms with E-state index in [9.17, 15) is 0 Å². The second-order valence-corrected chi connectivity index (χ2v) is 6.01. The first-order valence-corrected chi connectivity index (χ1v) is 6.36. The van der Waals surface area contributed by atoms with Crippen LogP contribution in [0.1, 0.15) is 27.7 Å². The minimum Gasteiger partial charge on any atom is -0.348 e. The predicted molar refractivity (Wildman–Crippen MR) is 61.6 cm³/mol. The van der Waals surface area contributed by atoms with Crippen molar-refractivity contribution in [1.29, 1.82) is 0 Å². The summed E-state index contributed by atoms with van der Waals surface area (Å²) in [5.74, 6) is -1.21. The van der Waals surface area contributed by atoms with E-state index in [4.69, 9.17) is 29.4 Å². The van der Waals surface area contributed by atoms with Gasteiger partial charge in [0, 0.05) is 0 Å². The molecule has 5 atom stereocenters. The molecule has 0 radical (unpaired) electrons. The highest BCUT2D eigenvalue weighted by Gasteiger charge is 2.56.